The maximum atomic E-state index is 11.6. The molecule has 1 unspecified atom stereocenters. The van der Waals surface area contributed by atoms with Gasteiger partial charge in [-0.05, 0) is 25.2 Å². The number of carbonyl (C=O) groups is 1. The van der Waals surface area contributed by atoms with Gasteiger partial charge in [0.1, 0.15) is 0 Å². The zero-order valence-corrected chi connectivity index (χ0v) is 8.25. The maximum Gasteiger partial charge on any atom is 0.236 e. The molecule has 1 N–H and O–H groups in total. The van der Waals surface area contributed by atoms with E-state index in [0.717, 1.165) is 25.4 Å². The molecule has 0 aromatic carbocycles. The summed E-state index contributed by atoms with van der Waals surface area (Å²) in [5, 5.41) is 3.11. The van der Waals surface area contributed by atoms with Gasteiger partial charge in [0, 0.05) is 19.1 Å². The topological polar surface area (TPSA) is 32.3 Å². The Morgan fingerprint density at radius 3 is 2.92 bits per heavy atom. The summed E-state index contributed by atoms with van der Waals surface area (Å²) in [5.41, 5.74) is 0. The molecule has 1 saturated carbocycles. The van der Waals surface area contributed by atoms with Crippen molar-refractivity contribution < 1.29 is 4.79 Å². The van der Waals surface area contributed by atoms with Gasteiger partial charge in [-0.2, -0.15) is 0 Å². The van der Waals surface area contributed by atoms with Crippen molar-refractivity contribution >= 4 is 5.91 Å². The standard InChI is InChI=1S/C10H18N2O/c1-2-9(8-3-4-8)12-6-5-11-7-10(12)13/h8-9,11H,2-7H2,1H3. The maximum absolute atomic E-state index is 11.6. The van der Waals surface area contributed by atoms with E-state index in [1.165, 1.54) is 12.8 Å². The van der Waals surface area contributed by atoms with E-state index in [1.807, 2.05) is 0 Å². The Labute approximate surface area is 79.5 Å². The van der Waals surface area contributed by atoms with Crippen molar-refractivity contribution in [2.45, 2.75) is 32.2 Å². The Bertz CT molecular complexity index is 201. The SMILES string of the molecule is CCC(C1CC1)N1CCNCC1=O. The highest BCUT2D eigenvalue weighted by Crippen LogP contribution is 2.36. The Hall–Kier alpha value is -0.570. The van der Waals surface area contributed by atoms with Gasteiger partial charge in [-0.1, -0.05) is 6.92 Å². The van der Waals surface area contributed by atoms with Gasteiger partial charge in [-0.25, -0.2) is 0 Å². The van der Waals surface area contributed by atoms with Crippen LogP contribution in [0.15, 0.2) is 0 Å². The van der Waals surface area contributed by atoms with Gasteiger partial charge in [-0.15, -0.1) is 0 Å². The lowest BCUT2D eigenvalue weighted by Crippen LogP contribution is -2.52. The lowest BCUT2D eigenvalue weighted by molar-refractivity contribution is -0.134. The quantitative estimate of drug-likeness (QED) is 0.693. The van der Waals surface area contributed by atoms with Crippen molar-refractivity contribution in [1.29, 1.82) is 0 Å². The molecule has 1 saturated heterocycles. The van der Waals surface area contributed by atoms with E-state index in [-0.39, 0.29) is 0 Å². The molecule has 1 aliphatic heterocycles. The molecule has 13 heavy (non-hydrogen) atoms. The van der Waals surface area contributed by atoms with E-state index in [0.29, 0.717) is 18.5 Å². The highest BCUT2D eigenvalue weighted by molar-refractivity contribution is 5.79. The molecule has 2 rings (SSSR count). The number of amides is 1. The number of nitrogens with one attached hydrogen (secondary N) is 1. The van der Waals surface area contributed by atoms with Crippen LogP contribution in [0, 0.1) is 5.92 Å². The predicted molar refractivity (Wildman–Crippen MR) is 51.4 cm³/mol. The van der Waals surface area contributed by atoms with E-state index in [4.69, 9.17) is 0 Å². The summed E-state index contributed by atoms with van der Waals surface area (Å²) in [6, 6.07) is 0.537. The molecular weight excluding hydrogens is 164 g/mol. The minimum absolute atomic E-state index is 0.296. The summed E-state index contributed by atoms with van der Waals surface area (Å²) in [6.07, 6.45) is 3.78. The third-order valence-corrected chi connectivity index (χ3v) is 3.11. The normalized spacial score (nSPS) is 26.2. The second kappa shape index (κ2) is 3.66. The zero-order valence-electron chi connectivity index (χ0n) is 8.25. The van der Waals surface area contributed by atoms with Gasteiger partial charge in [0.25, 0.3) is 0 Å². The van der Waals surface area contributed by atoms with Gasteiger partial charge in [-0.3, -0.25) is 4.79 Å². The van der Waals surface area contributed by atoms with E-state index in [9.17, 15) is 4.79 Å². The van der Waals surface area contributed by atoms with E-state index in [1.54, 1.807) is 0 Å². The van der Waals surface area contributed by atoms with E-state index >= 15 is 0 Å². The van der Waals surface area contributed by atoms with Crippen molar-refractivity contribution in [2.75, 3.05) is 19.6 Å². The molecule has 0 radical (unpaired) electrons. The zero-order chi connectivity index (χ0) is 9.26. The molecule has 1 heterocycles. The molecule has 0 aromatic heterocycles. The predicted octanol–water partition coefficient (Wildman–Crippen LogP) is 0.607. The molecular formula is C10H18N2O. The van der Waals surface area contributed by atoms with Crippen LogP contribution in [0.5, 0.6) is 0 Å². The molecule has 0 bridgehead atoms. The lowest BCUT2D eigenvalue weighted by Gasteiger charge is -2.34. The third-order valence-electron chi connectivity index (χ3n) is 3.11. The Morgan fingerprint density at radius 1 is 1.62 bits per heavy atom. The smallest absolute Gasteiger partial charge is 0.236 e. The Kier molecular flexibility index (Phi) is 2.54. The van der Waals surface area contributed by atoms with Crippen molar-refractivity contribution in [2.24, 2.45) is 5.92 Å². The summed E-state index contributed by atoms with van der Waals surface area (Å²) in [7, 11) is 0. The second-order valence-electron chi connectivity index (χ2n) is 4.08. The molecule has 0 spiro atoms. The van der Waals surface area contributed by atoms with Crippen LogP contribution in [0.1, 0.15) is 26.2 Å². The summed E-state index contributed by atoms with van der Waals surface area (Å²) in [4.78, 5) is 13.7. The molecule has 2 fully saturated rings. The summed E-state index contributed by atoms with van der Waals surface area (Å²) in [5.74, 6) is 1.11. The monoisotopic (exact) mass is 182 g/mol. The van der Waals surface area contributed by atoms with Crippen LogP contribution < -0.4 is 5.32 Å². The number of carbonyl (C=O) groups excluding carboxylic acids is 1. The minimum Gasteiger partial charge on any atom is -0.337 e. The minimum atomic E-state index is 0.296. The van der Waals surface area contributed by atoms with Crippen molar-refractivity contribution in [3.05, 3.63) is 0 Å². The van der Waals surface area contributed by atoms with Gasteiger partial charge >= 0.3 is 0 Å². The summed E-state index contributed by atoms with van der Waals surface area (Å²) in [6.45, 7) is 4.62. The highest BCUT2D eigenvalue weighted by Gasteiger charge is 2.36. The van der Waals surface area contributed by atoms with E-state index < -0.39 is 0 Å². The van der Waals surface area contributed by atoms with Crippen molar-refractivity contribution in [3.63, 3.8) is 0 Å². The Balaban J connectivity index is 1.98. The lowest BCUT2D eigenvalue weighted by atomic mass is 10.1. The van der Waals surface area contributed by atoms with Gasteiger partial charge < -0.3 is 10.2 Å². The first-order chi connectivity index (χ1) is 6.33. The van der Waals surface area contributed by atoms with Crippen LogP contribution in [0.3, 0.4) is 0 Å². The van der Waals surface area contributed by atoms with Crippen molar-refractivity contribution in [3.8, 4) is 0 Å². The van der Waals surface area contributed by atoms with Gasteiger partial charge in [0.05, 0.1) is 6.54 Å². The van der Waals surface area contributed by atoms with Crippen molar-refractivity contribution in [1.82, 2.24) is 10.2 Å². The van der Waals surface area contributed by atoms with Crippen LogP contribution in [0.2, 0.25) is 0 Å². The molecule has 1 atom stereocenters. The number of rotatable bonds is 3. The van der Waals surface area contributed by atoms with Crippen LogP contribution >= 0.6 is 0 Å². The first kappa shape index (κ1) is 9.00. The first-order valence-corrected chi connectivity index (χ1v) is 5.33. The number of nitrogens with zero attached hydrogens (tertiary/aromatic N) is 1. The van der Waals surface area contributed by atoms with Crippen LogP contribution in [-0.2, 0) is 4.79 Å². The molecule has 3 nitrogen and oxygen atoms in total. The fraction of sp³-hybridized carbons (Fsp3) is 0.900. The molecule has 0 aromatic rings. The summed E-state index contributed by atoms with van der Waals surface area (Å²) >= 11 is 0. The summed E-state index contributed by atoms with van der Waals surface area (Å²) < 4.78 is 0. The van der Waals surface area contributed by atoms with E-state index in [2.05, 4.69) is 17.1 Å². The number of hydrogen-bond acceptors (Lipinski definition) is 2. The average molecular weight is 182 g/mol. The molecule has 1 amide bonds. The highest BCUT2D eigenvalue weighted by atomic mass is 16.2. The fourth-order valence-electron chi connectivity index (χ4n) is 2.26. The Morgan fingerprint density at radius 2 is 2.38 bits per heavy atom. The molecule has 2 aliphatic rings. The molecule has 74 valence electrons. The van der Waals surface area contributed by atoms with Gasteiger partial charge in [0.2, 0.25) is 5.91 Å². The fourth-order valence-corrected chi connectivity index (χ4v) is 2.26. The van der Waals surface area contributed by atoms with Crippen LogP contribution in [-0.4, -0.2) is 36.5 Å². The molecule has 3 heteroatoms. The third kappa shape index (κ3) is 1.85. The van der Waals surface area contributed by atoms with Crippen LogP contribution in [0.4, 0.5) is 0 Å². The molecule has 1 aliphatic carbocycles. The first-order valence-electron chi connectivity index (χ1n) is 5.33. The largest absolute Gasteiger partial charge is 0.337 e. The number of hydrogen-bond donors (Lipinski definition) is 1. The van der Waals surface area contributed by atoms with Gasteiger partial charge in [0.15, 0.2) is 0 Å². The number of piperazine rings is 1. The average Bonchev–Trinajstić information content (AvgIpc) is 2.93. The second-order valence-corrected chi connectivity index (χ2v) is 4.08. The van der Waals surface area contributed by atoms with Crippen LogP contribution in [0.25, 0.3) is 0 Å².